The van der Waals surface area contributed by atoms with Crippen LogP contribution in [0.3, 0.4) is 0 Å². The lowest BCUT2D eigenvalue weighted by molar-refractivity contribution is 0.209. The molecule has 3 heterocycles. The van der Waals surface area contributed by atoms with E-state index in [1.165, 1.54) is 0 Å². The molecule has 0 radical (unpaired) electrons. The van der Waals surface area contributed by atoms with Gasteiger partial charge in [0.15, 0.2) is 0 Å². The van der Waals surface area contributed by atoms with Gasteiger partial charge in [-0.2, -0.15) is 0 Å². The van der Waals surface area contributed by atoms with Gasteiger partial charge in [0.1, 0.15) is 11.4 Å². The van der Waals surface area contributed by atoms with Crippen LogP contribution in [0.25, 0.3) is 11.0 Å². The predicted octanol–water partition coefficient (Wildman–Crippen LogP) is 2.36. The third-order valence-corrected chi connectivity index (χ3v) is 3.70. The Kier molecular flexibility index (Phi) is 2.96. The Balaban J connectivity index is 1.82. The lowest BCUT2D eigenvalue weighted by Gasteiger charge is -2.37. The van der Waals surface area contributed by atoms with Crippen molar-refractivity contribution in [1.29, 1.82) is 0 Å². The summed E-state index contributed by atoms with van der Waals surface area (Å²) in [5, 5.41) is 1.12. The van der Waals surface area contributed by atoms with Gasteiger partial charge in [0.2, 0.25) is 0 Å². The van der Waals surface area contributed by atoms with Crippen LogP contribution in [0, 0.1) is 0 Å². The number of hydrogen-bond donors (Lipinski definition) is 0. The Hall–Kier alpha value is -1.55. The Morgan fingerprint density at radius 3 is 2.67 bits per heavy atom. The average Bonchev–Trinajstić information content (AvgIpc) is 2.87. The molecule has 0 saturated carbocycles. The molecule has 0 unspecified atom stereocenters. The van der Waals surface area contributed by atoms with Crippen LogP contribution in [0.15, 0.2) is 29.0 Å². The minimum atomic E-state index is 0.629. The lowest BCUT2D eigenvalue weighted by Crippen LogP contribution is -2.49. The Bertz CT molecular complexity index is 527. The second-order valence-electron chi connectivity index (χ2n) is 5.08. The molecule has 1 saturated heterocycles. The molecule has 1 fully saturated rings. The Morgan fingerprint density at radius 2 is 1.94 bits per heavy atom. The minimum Gasteiger partial charge on any atom is -0.464 e. The number of aromatic nitrogens is 1. The highest BCUT2D eigenvalue weighted by Gasteiger charge is 2.21. The molecule has 96 valence electrons. The zero-order chi connectivity index (χ0) is 12.5. The maximum Gasteiger partial charge on any atom is 0.139 e. The van der Waals surface area contributed by atoms with Crippen LogP contribution in [-0.2, 0) is 0 Å². The summed E-state index contributed by atoms with van der Waals surface area (Å²) in [6.07, 6.45) is 3.57. The standard InChI is InChI=1S/C14H19N3O/c1-11(2)16-6-8-17(9-7-16)14-12-4-10-18-13(12)3-5-15-14/h3-5,10-11H,6-9H2,1-2H3. The second kappa shape index (κ2) is 4.61. The van der Waals surface area contributed by atoms with Crippen LogP contribution in [0.1, 0.15) is 13.8 Å². The van der Waals surface area contributed by atoms with Gasteiger partial charge < -0.3 is 9.32 Å². The fraction of sp³-hybridized carbons (Fsp3) is 0.500. The van der Waals surface area contributed by atoms with Gasteiger partial charge in [0, 0.05) is 38.4 Å². The molecule has 0 bridgehead atoms. The quantitative estimate of drug-likeness (QED) is 0.813. The number of pyridine rings is 1. The maximum absolute atomic E-state index is 5.43. The second-order valence-corrected chi connectivity index (χ2v) is 5.08. The molecule has 0 atom stereocenters. The normalized spacial score (nSPS) is 17.8. The van der Waals surface area contributed by atoms with Crippen molar-refractivity contribution in [2.45, 2.75) is 19.9 Å². The van der Waals surface area contributed by atoms with Crippen molar-refractivity contribution < 1.29 is 4.42 Å². The number of rotatable bonds is 2. The van der Waals surface area contributed by atoms with E-state index in [-0.39, 0.29) is 0 Å². The molecule has 0 amide bonds. The van der Waals surface area contributed by atoms with E-state index in [4.69, 9.17) is 4.42 Å². The van der Waals surface area contributed by atoms with Crippen molar-refractivity contribution in [3.8, 4) is 0 Å². The fourth-order valence-electron chi connectivity index (χ4n) is 2.58. The molecule has 3 rings (SSSR count). The highest BCUT2D eigenvalue weighted by Crippen LogP contribution is 2.26. The summed E-state index contributed by atoms with van der Waals surface area (Å²) >= 11 is 0. The molecule has 2 aromatic heterocycles. The van der Waals surface area contributed by atoms with Crippen LogP contribution in [0.2, 0.25) is 0 Å². The van der Waals surface area contributed by atoms with Crippen LogP contribution in [-0.4, -0.2) is 42.1 Å². The number of fused-ring (bicyclic) bond motifs is 1. The zero-order valence-corrected chi connectivity index (χ0v) is 11.0. The topological polar surface area (TPSA) is 32.5 Å². The molecule has 0 aromatic carbocycles. The molecule has 4 nitrogen and oxygen atoms in total. The van der Waals surface area contributed by atoms with E-state index in [0.29, 0.717) is 6.04 Å². The molecule has 2 aromatic rings. The zero-order valence-electron chi connectivity index (χ0n) is 11.0. The van der Waals surface area contributed by atoms with Crippen molar-refractivity contribution >= 4 is 16.8 Å². The van der Waals surface area contributed by atoms with Gasteiger partial charge in [-0.15, -0.1) is 0 Å². The fourth-order valence-corrected chi connectivity index (χ4v) is 2.58. The maximum atomic E-state index is 5.43. The third kappa shape index (κ3) is 1.97. The summed E-state index contributed by atoms with van der Waals surface area (Å²) < 4.78 is 5.43. The molecule has 1 aliphatic rings. The molecule has 0 spiro atoms. The van der Waals surface area contributed by atoms with Gasteiger partial charge in [0.05, 0.1) is 11.6 Å². The third-order valence-electron chi connectivity index (χ3n) is 3.70. The number of anilines is 1. The number of furan rings is 1. The summed E-state index contributed by atoms with van der Waals surface area (Å²) in [5.74, 6) is 1.06. The van der Waals surface area contributed by atoms with Gasteiger partial charge in [-0.05, 0) is 26.0 Å². The molecule has 18 heavy (non-hydrogen) atoms. The lowest BCUT2D eigenvalue weighted by atomic mass is 10.2. The van der Waals surface area contributed by atoms with Gasteiger partial charge in [-0.25, -0.2) is 4.98 Å². The van der Waals surface area contributed by atoms with Gasteiger partial charge >= 0.3 is 0 Å². The summed E-state index contributed by atoms with van der Waals surface area (Å²) in [5.41, 5.74) is 0.922. The molecule has 4 heteroatoms. The SMILES string of the molecule is CC(C)N1CCN(c2nccc3occc23)CC1. The van der Waals surface area contributed by atoms with E-state index in [1.807, 2.05) is 18.3 Å². The van der Waals surface area contributed by atoms with Crippen molar-refractivity contribution in [2.75, 3.05) is 31.1 Å². The molecule has 1 aliphatic heterocycles. The Labute approximate surface area is 107 Å². The first kappa shape index (κ1) is 11.5. The van der Waals surface area contributed by atoms with E-state index in [1.54, 1.807) is 6.26 Å². The summed E-state index contributed by atoms with van der Waals surface area (Å²) in [6, 6.07) is 4.56. The first-order valence-electron chi connectivity index (χ1n) is 6.57. The van der Waals surface area contributed by atoms with Crippen LogP contribution >= 0.6 is 0 Å². The number of hydrogen-bond acceptors (Lipinski definition) is 4. The summed E-state index contributed by atoms with van der Waals surface area (Å²) in [6.45, 7) is 8.79. The van der Waals surface area contributed by atoms with Crippen LogP contribution in [0.5, 0.6) is 0 Å². The first-order valence-corrected chi connectivity index (χ1v) is 6.57. The van der Waals surface area contributed by atoms with E-state index in [9.17, 15) is 0 Å². The van der Waals surface area contributed by atoms with E-state index in [0.717, 1.165) is 43.0 Å². The highest BCUT2D eigenvalue weighted by atomic mass is 16.3. The van der Waals surface area contributed by atoms with E-state index < -0.39 is 0 Å². The van der Waals surface area contributed by atoms with E-state index >= 15 is 0 Å². The minimum absolute atomic E-state index is 0.629. The smallest absolute Gasteiger partial charge is 0.139 e. The van der Waals surface area contributed by atoms with Crippen molar-refractivity contribution in [3.63, 3.8) is 0 Å². The molecular weight excluding hydrogens is 226 g/mol. The summed E-state index contributed by atoms with van der Waals surface area (Å²) in [7, 11) is 0. The highest BCUT2D eigenvalue weighted by molar-refractivity contribution is 5.88. The number of piperazine rings is 1. The van der Waals surface area contributed by atoms with Gasteiger partial charge in [-0.1, -0.05) is 0 Å². The average molecular weight is 245 g/mol. The van der Waals surface area contributed by atoms with Crippen LogP contribution in [0.4, 0.5) is 5.82 Å². The molecular formula is C14H19N3O. The predicted molar refractivity (Wildman–Crippen MR) is 72.9 cm³/mol. The van der Waals surface area contributed by atoms with Crippen molar-refractivity contribution in [2.24, 2.45) is 0 Å². The summed E-state index contributed by atoms with van der Waals surface area (Å²) in [4.78, 5) is 9.38. The molecule has 0 aliphatic carbocycles. The molecule has 0 N–H and O–H groups in total. The van der Waals surface area contributed by atoms with Gasteiger partial charge in [0.25, 0.3) is 0 Å². The van der Waals surface area contributed by atoms with Gasteiger partial charge in [-0.3, -0.25) is 4.90 Å². The number of nitrogens with zero attached hydrogens (tertiary/aromatic N) is 3. The largest absolute Gasteiger partial charge is 0.464 e. The van der Waals surface area contributed by atoms with Crippen molar-refractivity contribution in [1.82, 2.24) is 9.88 Å². The van der Waals surface area contributed by atoms with Crippen LogP contribution < -0.4 is 4.90 Å². The van der Waals surface area contributed by atoms with E-state index in [2.05, 4.69) is 28.6 Å². The monoisotopic (exact) mass is 245 g/mol. The van der Waals surface area contributed by atoms with Crippen molar-refractivity contribution in [3.05, 3.63) is 24.6 Å². The Morgan fingerprint density at radius 1 is 1.17 bits per heavy atom. The first-order chi connectivity index (χ1) is 8.75.